The van der Waals surface area contributed by atoms with Gasteiger partial charge in [0.1, 0.15) is 0 Å². The summed E-state index contributed by atoms with van der Waals surface area (Å²) in [6.45, 7) is 8.45. The van der Waals surface area contributed by atoms with Crippen LogP contribution in [0.5, 0.6) is 0 Å². The Morgan fingerprint density at radius 3 is 2.36 bits per heavy atom. The third-order valence-corrected chi connectivity index (χ3v) is 2.27. The first-order valence-corrected chi connectivity index (χ1v) is 5.65. The number of hydrogen-bond acceptors (Lipinski definition) is 3. The maximum atomic E-state index is 4.27. The highest BCUT2D eigenvalue weighted by atomic mass is 79.9. The van der Waals surface area contributed by atoms with Crippen LogP contribution >= 0.6 is 15.9 Å². The molecule has 0 bridgehead atoms. The average molecular weight is 258 g/mol. The average Bonchev–Trinajstić information content (AvgIpc) is 2.15. The molecule has 0 fully saturated rings. The van der Waals surface area contributed by atoms with Gasteiger partial charge in [0.05, 0.1) is 4.47 Å². The van der Waals surface area contributed by atoms with E-state index in [1.165, 1.54) is 0 Å². The number of aromatic nitrogens is 2. The Kier molecular flexibility index (Phi) is 4.32. The minimum atomic E-state index is 0.627. The number of anilines is 1. The molecule has 0 spiro atoms. The third-order valence-electron chi connectivity index (χ3n) is 1.86. The van der Waals surface area contributed by atoms with Gasteiger partial charge in [-0.2, -0.15) is 0 Å². The number of rotatable bonds is 4. The molecule has 1 heterocycles. The van der Waals surface area contributed by atoms with E-state index in [0.717, 1.165) is 23.5 Å². The minimum absolute atomic E-state index is 0.627. The molecular weight excluding hydrogens is 242 g/mol. The molecule has 0 saturated heterocycles. The molecule has 0 aliphatic carbocycles. The zero-order valence-corrected chi connectivity index (χ0v) is 10.5. The van der Waals surface area contributed by atoms with Crippen molar-refractivity contribution < 1.29 is 0 Å². The van der Waals surface area contributed by atoms with E-state index in [2.05, 4.69) is 51.6 Å². The lowest BCUT2D eigenvalue weighted by Crippen LogP contribution is -2.28. The molecule has 3 nitrogen and oxygen atoms in total. The molecule has 0 aromatic carbocycles. The fourth-order valence-corrected chi connectivity index (χ4v) is 1.47. The highest BCUT2D eigenvalue weighted by Crippen LogP contribution is 2.12. The summed E-state index contributed by atoms with van der Waals surface area (Å²) in [5.74, 6) is 1.44. The van der Waals surface area contributed by atoms with Gasteiger partial charge in [-0.05, 0) is 28.8 Å². The Morgan fingerprint density at radius 1 is 1.36 bits per heavy atom. The van der Waals surface area contributed by atoms with Crippen molar-refractivity contribution in [1.29, 1.82) is 0 Å². The van der Waals surface area contributed by atoms with E-state index in [9.17, 15) is 0 Å². The zero-order chi connectivity index (χ0) is 10.6. The molecule has 0 atom stereocenters. The number of nitrogens with zero attached hydrogens (tertiary/aromatic N) is 3. The van der Waals surface area contributed by atoms with Crippen molar-refractivity contribution in [2.75, 3.05) is 18.0 Å². The standard InChI is InChI=1S/C10H16BrN3/c1-4-14(7-8(2)3)10-12-5-9(11)6-13-10/h5-6,8H,4,7H2,1-3H3. The Labute approximate surface area is 93.7 Å². The van der Waals surface area contributed by atoms with Crippen LogP contribution in [0.4, 0.5) is 5.95 Å². The fourth-order valence-electron chi connectivity index (χ4n) is 1.26. The molecule has 0 N–H and O–H groups in total. The summed E-state index contributed by atoms with van der Waals surface area (Å²) in [5, 5.41) is 0. The molecule has 1 aromatic rings. The zero-order valence-electron chi connectivity index (χ0n) is 8.87. The molecule has 0 amide bonds. The molecule has 1 aromatic heterocycles. The van der Waals surface area contributed by atoms with Crippen LogP contribution < -0.4 is 4.90 Å². The van der Waals surface area contributed by atoms with Gasteiger partial charge in [0.2, 0.25) is 5.95 Å². The lowest BCUT2D eigenvalue weighted by atomic mass is 10.2. The predicted molar refractivity (Wildman–Crippen MR) is 62.5 cm³/mol. The smallest absolute Gasteiger partial charge is 0.225 e. The van der Waals surface area contributed by atoms with Gasteiger partial charge in [-0.15, -0.1) is 0 Å². The van der Waals surface area contributed by atoms with Gasteiger partial charge in [0.15, 0.2) is 0 Å². The molecule has 4 heteroatoms. The quantitative estimate of drug-likeness (QED) is 0.831. The molecule has 0 aliphatic rings. The summed E-state index contributed by atoms with van der Waals surface area (Å²) < 4.78 is 0.918. The van der Waals surface area contributed by atoms with Crippen molar-refractivity contribution in [2.24, 2.45) is 5.92 Å². The number of halogens is 1. The second-order valence-electron chi connectivity index (χ2n) is 3.63. The van der Waals surface area contributed by atoms with Crippen molar-refractivity contribution >= 4 is 21.9 Å². The summed E-state index contributed by atoms with van der Waals surface area (Å²) in [6.07, 6.45) is 3.57. The van der Waals surface area contributed by atoms with Gasteiger partial charge in [-0.25, -0.2) is 9.97 Å². The summed E-state index contributed by atoms with van der Waals surface area (Å²) >= 11 is 3.32. The molecule has 14 heavy (non-hydrogen) atoms. The van der Waals surface area contributed by atoms with Crippen molar-refractivity contribution in [3.05, 3.63) is 16.9 Å². The Bertz CT molecular complexity index is 271. The van der Waals surface area contributed by atoms with E-state index in [0.29, 0.717) is 5.92 Å². The van der Waals surface area contributed by atoms with Crippen molar-refractivity contribution in [1.82, 2.24) is 9.97 Å². The molecule has 0 unspecified atom stereocenters. The monoisotopic (exact) mass is 257 g/mol. The van der Waals surface area contributed by atoms with E-state index in [1.54, 1.807) is 12.4 Å². The van der Waals surface area contributed by atoms with Crippen molar-refractivity contribution in [3.8, 4) is 0 Å². The number of hydrogen-bond donors (Lipinski definition) is 0. The van der Waals surface area contributed by atoms with Crippen LogP contribution in [-0.4, -0.2) is 23.1 Å². The molecular formula is C10H16BrN3. The van der Waals surface area contributed by atoms with Gasteiger partial charge >= 0.3 is 0 Å². The summed E-state index contributed by atoms with van der Waals surface area (Å²) in [5.41, 5.74) is 0. The summed E-state index contributed by atoms with van der Waals surface area (Å²) in [7, 11) is 0. The Morgan fingerprint density at radius 2 is 1.93 bits per heavy atom. The van der Waals surface area contributed by atoms with Gasteiger partial charge in [-0.1, -0.05) is 13.8 Å². The Hall–Kier alpha value is -0.640. The lowest BCUT2D eigenvalue weighted by molar-refractivity contribution is 0.609. The first-order valence-electron chi connectivity index (χ1n) is 4.86. The molecule has 0 aliphatic heterocycles. The van der Waals surface area contributed by atoms with Crippen LogP contribution in [0.25, 0.3) is 0 Å². The summed E-state index contributed by atoms with van der Waals surface area (Å²) in [4.78, 5) is 10.7. The van der Waals surface area contributed by atoms with Crippen LogP contribution in [-0.2, 0) is 0 Å². The second-order valence-corrected chi connectivity index (χ2v) is 4.55. The van der Waals surface area contributed by atoms with Crippen LogP contribution in [0.3, 0.4) is 0 Å². The first kappa shape index (κ1) is 11.4. The van der Waals surface area contributed by atoms with Crippen molar-refractivity contribution in [3.63, 3.8) is 0 Å². The molecule has 0 radical (unpaired) electrons. The minimum Gasteiger partial charge on any atom is -0.341 e. The van der Waals surface area contributed by atoms with Gasteiger partial charge in [0.25, 0.3) is 0 Å². The van der Waals surface area contributed by atoms with Gasteiger partial charge in [0, 0.05) is 25.5 Å². The van der Waals surface area contributed by atoms with E-state index in [4.69, 9.17) is 0 Å². The SMILES string of the molecule is CCN(CC(C)C)c1ncc(Br)cn1. The first-order chi connectivity index (χ1) is 6.63. The summed E-state index contributed by atoms with van der Waals surface area (Å²) in [6, 6.07) is 0. The second kappa shape index (κ2) is 5.29. The largest absolute Gasteiger partial charge is 0.341 e. The van der Waals surface area contributed by atoms with Gasteiger partial charge in [-0.3, -0.25) is 0 Å². The molecule has 0 saturated carbocycles. The van der Waals surface area contributed by atoms with E-state index in [1.807, 2.05) is 0 Å². The van der Waals surface area contributed by atoms with Crippen LogP contribution in [0.1, 0.15) is 20.8 Å². The maximum absolute atomic E-state index is 4.27. The third kappa shape index (κ3) is 3.25. The predicted octanol–water partition coefficient (Wildman–Crippen LogP) is 2.72. The van der Waals surface area contributed by atoms with Gasteiger partial charge < -0.3 is 4.90 Å². The highest BCUT2D eigenvalue weighted by molar-refractivity contribution is 9.10. The Balaban J connectivity index is 2.73. The maximum Gasteiger partial charge on any atom is 0.225 e. The highest BCUT2D eigenvalue weighted by Gasteiger charge is 2.08. The molecule has 78 valence electrons. The van der Waals surface area contributed by atoms with Crippen LogP contribution in [0, 0.1) is 5.92 Å². The lowest BCUT2D eigenvalue weighted by Gasteiger charge is -2.22. The molecule has 1 rings (SSSR count). The normalized spacial score (nSPS) is 10.6. The van der Waals surface area contributed by atoms with Crippen LogP contribution in [0.2, 0.25) is 0 Å². The van der Waals surface area contributed by atoms with Crippen LogP contribution in [0.15, 0.2) is 16.9 Å². The van der Waals surface area contributed by atoms with Crippen molar-refractivity contribution in [2.45, 2.75) is 20.8 Å². The van der Waals surface area contributed by atoms with E-state index < -0.39 is 0 Å². The van der Waals surface area contributed by atoms with E-state index >= 15 is 0 Å². The fraction of sp³-hybridized carbons (Fsp3) is 0.600. The van der Waals surface area contributed by atoms with E-state index in [-0.39, 0.29) is 0 Å². The topological polar surface area (TPSA) is 29.0 Å².